The van der Waals surface area contributed by atoms with Crippen LogP contribution in [-0.4, -0.2) is 23.4 Å². The molecule has 0 amide bonds. The Morgan fingerprint density at radius 2 is 0.966 bits per heavy atom. The molecule has 0 unspecified atom stereocenters. The van der Waals surface area contributed by atoms with Gasteiger partial charge in [-0.2, -0.15) is 0 Å². The van der Waals surface area contributed by atoms with Crippen LogP contribution in [0.3, 0.4) is 0 Å². The van der Waals surface area contributed by atoms with Crippen LogP contribution >= 0.6 is 0 Å². The van der Waals surface area contributed by atoms with Gasteiger partial charge in [-0.3, -0.25) is 0 Å². The van der Waals surface area contributed by atoms with E-state index in [1.807, 2.05) is 6.92 Å². The van der Waals surface area contributed by atoms with Crippen LogP contribution in [-0.2, 0) is 10.8 Å². The molecule has 6 heterocycles. The van der Waals surface area contributed by atoms with Crippen molar-refractivity contribution in [2.45, 2.75) is 65.2 Å². The summed E-state index contributed by atoms with van der Waals surface area (Å²) in [6.45, 7) is 13.6. The number of aryl methyl sites for hydroxylation is 2. The lowest BCUT2D eigenvalue weighted by Gasteiger charge is -2.46. The first-order valence-electron chi connectivity index (χ1n) is 20.6. The fourth-order valence-corrected chi connectivity index (χ4v) is 10.7. The second-order valence-electron chi connectivity index (χ2n) is 18.1. The van der Waals surface area contributed by atoms with Crippen molar-refractivity contribution in [1.29, 1.82) is 0 Å². The van der Waals surface area contributed by atoms with Crippen molar-refractivity contribution >= 4 is 80.3 Å². The van der Waals surface area contributed by atoms with Crippen LogP contribution in [0.25, 0.3) is 0 Å². The predicted molar refractivity (Wildman–Crippen MR) is 239 cm³/mol. The van der Waals surface area contributed by atoms with Crippen molar-refractivity contribution in [3.63, 3.8) is 0 Å². The van der Waals surface area contributed by atoms with Crippen molar-refractivity contribution in [3.8, 4) is 23.3 Å². The van der Waals surface area contributed by atoms with Gasteiger partial charge in [-0.05, 0) is 119 Å². The summed E-state index contributed by atoms with van der Waals surface area (Å²) in [5.41, 5.74) is 18.6. The maximum absolute atomic E-state index is 6.97. The molecule has 0 radical (unpaired) electrons. The standard InChI is InChI=1S/C50H42B2N4O2/c1-29-23-41-45-47(53-29)57-43-28-44-38(27-37(43)51(45)35-19-13-14-20-39(35)55(41)31-15-9-7-10-16-31)52-36-25-33-34(50(5,6)22-21-49(33,3)4)26-40(36)56(32-17-11-8-12-18-32)42-24-30(2)54-48(58-44)46(42)52/h7-20,23-28H,21-22H2,1-6H3. The molecule has 4 aliphatic heterocycles. The van der Waals surface area contributed by atoms with Gasteiger partial charge in [0.25, 0.3) is 13.4 Å². The average Bonchev–Trinajstić information content (AvgIpc) is 3.21. The molecular weight excluding hydrogens is 710 g/mol. The number of anilines is 6. The Bertz CT molecular complexity index is 2910. The molecule has 1 aliphatic carbocycles. The number of rotatable bonds is 2. The molecule has 0 bridgehead atoms. The van der Waals surface area contributed by atoms with Gasteiger partial charge in [0.15, 0.2) is 0 Å². The summed E-state index contributed by atoms with van der Waals surface area (Å²) < 4.78 is 13.9. The predicted octanol–water partition coefficient (Wildman–Crippen LogP) is 8.25. The van der Waals surface area contributed by atoms with E-state index in [9.17, 15) is 0 Å². The second-order valence-corrected chi connectivity index (χ2v) is 18.1. The van der Waals surface area contributed by atoms with Crippen molar-refractivity contribution in [3.05, 3.63) is 144 Å². The minimum atomic E-state index is -0.107. The highest BCUT2D eigenvalue weighted by Gasteiger charge is 2.49. The van der Waals surface area contributed by atoms with Gasteiger partial charge >= 0.3 is 0 Å². The van der Waals surface area contributed by atoms with Gasteiger partial charge in [0.05, 0.1) is 0 Å². The largest absolute Gasteiger partial charge is 0.440 e. The number of hydrogen-bond donors (Lipinski definition) is 0. The summed E-state index contributed by atoms with van der Waals surface area (Å²) in [5.74, 6) is 2.86. The van der Waals surface area contributed by atoms with Crippen molar-refractivity contribution in [2.24, 2.45) is 0 Å². The van der Waals surface area contributed by atoms with E-state index in [1.165, 1.54) is 27.7 Å². The quantitative estimate of drug-likeness (QED) is 0.166. The lowest BCUT2D eigenvalue weighted by molar-refractivity contribution is 0.332. The molecule has 5 aromatic carbocycles. The zero-order valence-corrected chi connectivity index (χ0v) is 33.7. The molecule has 280 valence electrons. The topological polar surface area (TPSA) is 50.7 Å². The zero-order valence-electron chi connectivity index (χ0n) is 33.7. The van der Waals surface area contributed by atoms with E-state index in [4.69, 9.17) is 19.4 Å². The monoisotopic (exact) mass is 752 g/mol. The van der Waals surface area contributed by atoms with E-state index in [0.29, 0.717) is 11.8 Å². The smallest absolute Gasteiger partial charge is 0.258 e. The minimum Gasteiger partial charge on any atom is -0.440 e. The molecule has 0 fully saturated rings. The van der Waals surface area contributed by atoms with Gasteiger partial charge in [-0.25, -0.2) is 9.97 Å². The van der Waals surface area contributed by atoms with E-state index in [0.717, 1.165) is 86.0 Å². The third kappa shape index (κ3) is 4.63. The summed E-state index contributed by atoms with van der Waals surface area (Å²) in [6, 6.07) is 44.3. The molecule has 0 atom stereocenters. The van der Waals surface area contributed by atoms with Crippen LogP contribution in [0.15, 0.2) is 121 Å². The molecule has 0 saturated carbocycles. The Balaban J connectivity index is 1.13. The van der Waals surface area contributed by atoms with E-state index in [-0.39, 0.29) is 24.3 Å². The third-order valence-corrected chi connectivity index (χ3v) is 13.6. The number of hydrogen-bond acceptors (Lipinski definition) is 6. The summed E-state index contributed by atoms with van der Waals surface area (Å²) in [7, 11) is 0. The van der Waals surface area contributed by atoms with Crippen LogP contribution < -0.4 is 52.1 Å². The third-order valence-electron chi connectivity index (χ3n) is 13.6. The number of para-hydroxylation sites is 3. The molecule has 12 rings (SSSR count). The first-order valence-corrected chi connectivity index (χ1v) is 20.6. The Hall–Kier alpha value is -6.27. The number of aromatic nitrogens is 2. The lowest BCUT2D eigenvalue weighted by Crippen LogP contribution is -2.63. The van der Waals surface area contributed by atoms with Crippen molar-refractivity contribution in [1.82, 2.24) is 9.97 Å². The molecule has 58 heavy (non-hydrogen) atoms. The lowest BCUT2D eigenvalue weighted by atomic mass is 9.31. The van der Waals surface area contributed by atoms with Gasteiger partial charge in [0, 0.05) is 62.5 Å². The highest BCUT2D eigenvalue weighted by molar-refractivity contribution is 7.02. The summed E-state index contributed by atoms with van der Waals surface area (Å²) in [5, 5.41) is 0. The molecule has 8 heteroatoms. The number of benzene rings is 5. The summed E-state index contributed by atoms with van der Waals surface area (Å²) in [4.78, 5) is 15.0. The number of pyridine rings is 2. The molecule has 7 aromatic rings. The normalized spacial score (nSPS) is 16.7. The zero-order chi connectivity index (χ0) is 39.2. The molecule has 5 aliphatic rings. The Morgan fingerprint density at radius 1 is 0.483 bits per heavy atom. The highest BCUT2D eigenvalue weighted by Crippen LogP contribution is 2.50. The summed E-state index contributed by atoms with van der Waals surface area (Å²) >= 11 is 0. The van der Waals surface area contributed by atoms with Gasteiger partial charge in [0.2, 0.25) is 11.8 Å². The maximum atomic E-state index is 6.97. The molecule has 0 saturated heterocycles. The van der Waals surface area contributed by atoms with Gasteiger partial charge in [-0.1, -0.05) is 94.4 Å². The number of fused-ring (bicyclic) bond motifs is 9. The van der Waals surface area contributed by atoms with Crippen LogP contribution in [0.2, 0.25) is 0 Å². The molecule has 0 spiro atoms. The van der Waals surface area contributed by atoms with Crippen molar-refractivity contribution < 1.29 is 9.47 Å². The number of nitrogens with zero attached hydrogens (tertiary/aromatic N) is 4. The second kappa shape index (κ2) is 11.7. The van der Waals surface area contributed by atoms with E-state index in [1.54, 1.807) is 0 Å². The minimum absolute atomic E-state index is 0.0332. The highest BCUT2D eigenvalue weighted by atomic mass is 16.5. The van der Waals surface area contributed by atoms with Gasteiger partial charge < -0.3 is 19.3 Å². The van der Waals surface area contributed by atoms with E-state index in [2.05, 4.69) is 166 Å². The van der Waals surface area contributed by atoms with Crippen molar-refractivity contribution in [2.75, 3.05) is 9.80 Å². The van der Waals surface area contributed by atoms with E-state index >= 15 is 0 Å². The number of ether oxygens (including phenoxy) is 2. The van der Waals surface area contributed by atoms with Crippen LogP contribution in [0.1, 0.15) is 63.1 Å². The fraction of sp³-hybridized carbons (Fsp3) is 0.200. The molecule has 2 aromatic heterocycles. The van der Waals surface area contributed by atoms with Crippen LogP contribution in [0, 0.1) is 13.8 Å². The average molecular weight is 753 g/mol. The molecule has 0 N–H and O–H groups in total. The summed E-state index contributed by atoms with van der Waals surface area (Å²) in [6.07, 6.45) is 2.29. The SMILES string of the molecule is Cc1cc2c3c(n1)Oc1cc4c(cc1B3c1ccccc1N2c1ccccc1)B1c2cc3c(cc2N(c2ccccc2)c2cc(C)nc(c21)O4)C(C)(C)CCC3(C)C. The van der Waals surface area contributed by atoms with E-state index < -0.39 is 0 Å². The molecular formula is C50H42B2N4O2. The maximum Gasteiger partial charge on any atom is 0.258 e. The Kier molecular flexibility index (Phi) is 6.80. The van der Waals surface area contributed by atoms with Crippen LogP contribution in [0.5, 0.6) is 23.3 Å². The fourth-order valence-electron chi connectivity index (χ4n) is 10.7. The Labute approximate surface area is 340 Å². The van der Waals surface area contributed by atoms with Crippen LogP contribution in [0.4, 0.5) is 34.1 Å². The first kappa shape index (κ1) is 33.8. The van der Waals surface area contributed by atoms with Gasteiger partial charge in [0.1, 0.15) is 11.5 Å². The molecule has 6 nitrogen and oxygen atoms in total. The Morgan fingerprint density at radius 3 is 1.53 bits per heavy atom. The van der Waals surface area contributed by atoms with Gasteiger partial charge in [-0.15, -0.1) is 0 Å². The first-order chi connectivity index (χ1) is 28.1.